The number of halogens is 1. The van der Waals surface area contributed by atoms with Crippen LogP contribution in [-0.2, 0) is 0 Å². The smallest absolute Gasteiger partial charge is 0.119 e. The van der Waals surface area contributed by atoms with E-state index in [1.807, 2.05) is 48.3 Å². The van der Waals surface area contributed by atoms with Crippen LogP contribution >= 0.6 is 11.6 Å². The molecule has 0 amide bonds. The van der Waals surface area contributed by atoms with Crippen molar-refractivity contribution >= 4 is 23.0 Å². The van der Waals surface area contributed by atoms with Gasteiger partial charge < -0.3 is 10.5 Å². The number of hydrazone groups is 1. The number of benzene rings is 2. The molecular formula is C18H20ClN3O. The van der Waals surface area contributed by atoms with E-state index in [0.717, 1.165) is 23.6 Å². The number of anilines is 1. The molecule has 1 atom stereocenters. The van der Waals surface area contributed by atoms with E-state index in [9.17, 15) is 0 Å². The highest BCUT2D eigenvalue weighted by atomic mass is 35.5. The van der Waals surface area contributed by atoms with E-state index in [0.29, 0.717) is 18.2 Å². The SMILES string of the molecule is CCOc1ccc(C2CC(CN)=NN2c2ccc(Cl)cc2)cc1. The Morgan fingerprint density at radius 3 is 2.48 bits per heavy atom. The molecule has 0 spiro atoms. The predicted molar refractivity (Wildman–Crippen MR) is 95.4 cm³/mol. The number of ether oxygens (including phenoxy) is 1. The lowest BCUT2D eigenvalue weighted by Gasteiger charge is -2.24. The Hall–Kier alpha value is -2.04. The van der Waals surface area contributed by atoms with E-state index in [-0.39, 0.29) is 6.04 Å². The van der Waals surface area contributed by atoms with Gasteiger partial charge in [0.2, 0.25) is 0 Å². The van der Waals surface area contributed by atoms with Gasteiger partial charge >= 0.3 is 0 Å². The average molecular weight is 330 g/mol. The number of rotatable bonds is 5. The molecule has 0 saturated carbocycles. The van der Waals surface area contributed by atoms with E-state index < -0.39 is 0 Å². The van der Waals surface area contributed by atoms with Gasteiger partial charge in [0.1, 0.15) is 5.75 Å². The molecule has 0 radical (unpaired) electrons. The van der Waals surface area contributed by atoms with Gasteiger partial charge in [0.25, 0.3) is 0 Å². The number of nitrogens with zero attached hydrogens (tertiary/aromatic N) is 2. The molecule has 1 heterocycles. The van der Waals surface area contributed by atoms with Gasteiger partial charge in [-0.1, -0.05) is 23.7 Å². The molecule has 2 aromatic carbocycles. The minimum Gasteiger partial charge on any atom is -0.494 e. The van der Waals surface area contributed by atoms with Crippen LogP contribution in [0.1, 0.15) is 24.9 Å². The maximum Gasteiger partial charge on any atom is 0.119 e. The largest absolute Gasteiger partial charge is 0.494 e. The first-order valence-corrected chi connectivity index (χ1v) is 8.13. The molecule has 2 N–H and O–H groups in total. The molecule has 1 aliphatic rings. The molecule has 4 nitrogen and oxygen atoms in total. The zero-order valence-electron chi connectivity index (χ0n) is 13.1. The molecular weight excluding hydrogens is 310 g/mol. The Labute approximate surface area is 141 Å². The third-order valence-corrected chi connectivity index (χ3v) is 4.13. The average Bonchev–Trinajstić information content (AvgIpc) is 3.01. The lowest BCUT2D eigenvalue weighted by Crippen LogP contribution is -2.18. The molecule has 0 bridgehead atoms. The molecule has 3 rings (SSSR count). The zero-order valence-corrected chi connectivity index (χ0v) is 13.8. The lowest BCUT2D eigenvalue weighted by molar-refractivity contribution is 0.340. The quantitative estimate of drug-likeness (QED) is 0.901. The maximum absolute atomic E-state index is 5.99. The highest BCUT2D eigenvalue weighted by Gasteiger charge is 2.28. The van der Waals surface area contributed by atoms with Gasteiger partial charge in [0.15, 0.2) is 0 Å². The standard InChI is InChI=1S/C18H20ClN3O/c1-2-23-17-9-3-13(4-10-17)18-11-15(12-20)21-22(18)16-7-5-14(19)6-8-16/h3-10,18H,2,11-12,20H2,1H3. The second kappa shape index (κ2) is 7.02. The van der Waals surface area contributed by atoms with Crippen LogP contribution in [0.5, 0.6) is 5.75 Å². The van der Waals surface area contributed by atoms with Gasteiger partial charge in [0.05, 0.1) is 24.0 Å². The fourth-order valence-corrected chi connectivity index (χ4v) is 2.87. The highest BCUT2D eigenvalue weighted by Crippen LogP contribution is 2.36. The summed E-state index contributed by atoms with van der Waals surface area (Å²) in [5, 5.41) is 7.41. The van der Waals surface area contributed by atoms with Crippen LogP contribution in [-0.4, -0.2) is 18.9 Å². The van der Waals surface area contributed by atoms with Crippen molar-refractivity contribution in [2.24, 2.45) is 10.8 Å². The molecule has 0 aliphatic carbocycles. The molecule has 1 unspecified atom stereocenters. The summed E-state index contributed by atoms with van der Waals surface area (Å²) in [5.74, 6) is 0.882. The van der Waals surface area contributed by atoms with Crippen LogP contribution in [0.25, 0.3) is 0 Å². The Morgan fingerprint density at radius 2 is 1.87 bits per heavy atom. The molecule has 23 heavy (non-hydrogen) atoms. The summed E-state index contributed by atoms with van der Waals surface area (Å²) in [7, 11) is 0. The maximum atomic E-state index is 5.99. The van der Waals surface area contributed by atoms with E-state index in [1.165, 1.54) is 5.56 Å². The first-order valence-electron chi connectivity index (χ1n) is 7.75. The van der Waals surface area contributed by atoms with Gasteiger partial charge in [-0.25, -0.2) is 0 Å². The number of nitrogens with two attached hydrogens (primary N) is 1. The van der Waals surface area contributed by atoms with Crippen molar-refractivity contribution in [3.05, 3.63) is 59.1 Å². The normalized spacial score (nSPS) is 17.3. The topological polar surface area (TPSA) is 50.9 Å². The minimum atomic E-state index is 0.144. The molecule has 0 aromatic heterocycles. The Kier molecular flexibility index (Phi) is 4.84. The monoisotopic (exact) mass is 329 g/mol. The fourth-order valence-electron chi connectivity index (χ4n) is 2.74. The van der Waals surface area contributed by atoms with Crippen molar-refractivity contribution in [3.8, 4) is 5.75 Å². The van der Waals surface area contributed by atoms with Crippen molar-refractivity contribution in [1.82, 2.24) is 0 Å². The van der Waals surface area contributed by atoms with Gasteiger partial charge in [-0.15, -0.1) is 0 Å². The summed E-state index contributed by atoms with van der Waals surface area (Å²) >= 11 is 5.99. The van der Waals surface area contributed by atoms with Crippen molar-refractivity contribution in [2.45, 2.75) is 19.4 Å². The predicted octanol–water partition coefficient (Wildman–Crippen LogP) is 4.00. The van der Waals surface area contributed by atoms with E-state index in [2.05, 4.69) is 17.2 Å². The Bertz CT molecular complexity index is 682. The van der Waals surface area contributed by atoms with Gasteiger partial charge in [-0.2, -0.15) is 5.10 Å². The zero-order chi connectivity index (χ0) is 16.2. The molecule has 1 aliphatic heterocycles. The fraction of sp³-hybridized carbons (Fsp3) is 0.278. The van der Waals surface area contributed by atoms with E-state index >= 15 is 0 Å². The molecule has 2 aromatic rings. The van der Waals surface area contributed by atoms with Gasteiger partial charge in [-0.05, 0) is 48.9 Å². The van der Waals surface area contributed by atoms with Crippen molar-refractivity contribution in [2.75, 3.05) is 18.2 Å². The third kappa shape index (κ3) is 3.49. The number of hydrogen-bond donors (Lipinski definition) is 1. The van der Waals surface area contributed by atoms with E-state index in [4.69, 9.17) is 22.1 Å². The molecule has 120 valence electrons. The van der Waals surface area contributed by atoms with Gasteiger partial charge in [-0.3, -0.25) is 5.01 Å². The van der Waals surface area contributed by atoms with Crippen LogP contribution in [0.4, 0.5) is 5.69 Å². The molecule has 5 heteroatoms. The van der Waals surface area contributed by atoms with Crippen LogP contribution < -0.4 is 15.5 Å². The summed E-state index contributed by atoms with van der Waals surface area (Å²) in [4.78, 5) is 0. The second-order valence-corrected chi connectivity index (χ2v) is 5.85. The second-order valence-electron chi connectivity index (χ2n) is 5.41. The van der Waals surface area contributed by atoms with Crippen molar-refractivity contribution < 1.29 is 4.74 Å². The van der Waals surface area contributed by atoms with Crippen LogP contribution in [0, 0.1) is 0 Å². The summed E-state index contributed by atoms with van der Waals surface area (Å²) in [6.45, 7) is 3.12. The first kappa shape index (κ1) is 15.8. The minimum absolute atomic E-state index is 0.144. The summed E-state index contributed by atoms with van der Waals surface area (Å²) in [6.07, 6.45) is 0.826. The van der Waals surface area contributed by atoms with Crippen molar-refractivity contribution in [1.29, 1.82) is 0 Å². The summed E-state index contributed by atoms with van der Waals surface area (Å²) in [5.41, 5.74) is 9.00. The number of hydrogen-bond acceptors (Lipinski definition) is 4. The summed E-state index contributed by atoms with van der Waals surface area (Å²) in [6, 6.07) is 16.0. The third-order valence-electron chi connectivity index (χ3n) is 3.88. The first-order chi connectivity index (χ1) is 11.2. The molecule has 0 saturated heterocycles. The van der Waals surface area contributed by atoms with Crippen LogP contribution in [0.15, 0.2) is 53.6 Å². The summed E-state index contributed by atoms with van der Waals surface area (Å²) < 4.78 is 5.51. The highest BCUT2D eigenvalue weighted by molar-refractivity contribution is 6.30. The van der Waals surface area contributed by atoms with Crippen LogP contribution in [0.2, 0.25) is 5.02 Å². The van der Waals surface area contributed by atoms with Crippen molar-refractivity contribution in [3.63, 3.8) is 0 Å². The van der Waals surface area contributed by atoms with Gasteiger partial charge in [0, 0.05) is 18.0 Å². The lowest BCUT2D eigenvalue weighted by atomic mass is 10.0. The molecule has 0 fully saturated rings. The Balaban J connectivity index is 1.88. The Morgan fingerprint density at radius 1 is 1.17 bits per heavy atom. The van der Waals surface area contributed by atoms with E-state index in [1.54, 1.807) is 0 Å². The van der Waals surface area contributed by atoms with Crippen LogP contribution in [0.3, 0.4) is 0 Å².